The molecule has 0 aliphatic heterocycles. The molecule has 0 heterocycles. The average molecular weight is 164 g/mol. The first-order valence-electron chi connectivity index (χ1n) is 3.06. The van der Waals surface area contributed by atoms with E-state index in [2.05, 4.69) is 9.24 Å². The lowest BCUT2D eigenvalue weighted by molar-refractivity contribution is -0.156. The smallest absolute Gasteiger partial charge is 0.341 e. The van der Waals surface area contributed by atoms with Crippen molar-refractivity contribution >= 4 is 15.2 Å². The molecule has 0 spiro atoms. The van der Waals surface area contributed by atoms with Crippen LogP contribution in [0.3, 0.4) is 0 Å². The van der Waals surface area contributed by atoms with Crippen LogP contribution in [0.2, 0.25) is 0 Å². The van der Waals surface area contributed by atoms with E-state index in [-0.39, 0.29) is 5.97 Å². The number of carbonyl (C=O) groups is 1. The lowest BCUT2D eigenvalue weighted by Crippen LogP contribution is -2.32. The van der Waals surface area contributed by atoms with Gasteiger partial charge in [0, 0.05) is 7.11 Å². The zero-order chi connectivity index (χ0) is 8.20. The molecule has 0 aromatic rings. The first kappa shape index (κ1) is 9.86. The van der Waals surface area contributed by atoms with Crippen LogP contribution in [0.4, 0.5) is 0 Å². The molecule has 60 valence electrons. The molecule has 0 radical (unpaired) electrons. The van der Waals surface area contributed by atoms with Gasteiger partial charge in [-0.3, -0.25) is 0 Å². The number of esters is 1. The van der Waals surface area contributed by atoms with Crippen molar-refractivity contribution in [2.45, 2.75) is 19.2 Å². The fraction of sp³-hybridized carbons (Fsp3) is 0.833. The van der Waals surface area contributed by atoms with Gasteiger partial charge in [-0.05, 0) is 13.8 Å². The molecule has 0 amide bonds. The maximum Gasteiger partial charge on any atom is 0.341 e. The topological polar surface area (TPSA) is 35.5 Å². The highest BCUT2D eigenvalue weighted by Gasteiger charge is 2.28. The highest BCUT2D eigenvalue weighted by Crippen LogP contribution is 2.19. The molecular formula is C6H13O3P. The van der Waals surface area contributed by atoms with E-state index in [1.807, 2.05) is 0 Å². The Morgan fingerprint density at radius 1 is 1.70 bits per heavy atom. The van der Waals surface area contributed by atoms with Crippen molar-refractivity contribution in [1.29, 1.82) is 0 Å². The van der Waals surface area contributed by atoms with E-state index in [0.717, 1.165) is 0 Å². The SMILES string of the molecule is CCOC(=O)C(C)(P)OC. The number of carbonyl (C=O) groups excluding carboxylic acids is 1. The second kappa shape index (κ2) is 3.89. The van der Waals surface area contributed by atoms with E-state index < -0.39 is 5.34 Å². The Kier molecular flexibility index (Phi) is 3.84. The van der Waals surface area contributed by atoms with Gasteiger partial charge in [0.05, 0.1) is 6.61 Å². The average Bonchev–Trinajstić information content (AvgIpc) is 1.89. The summed E-state index contributed by atoms with van der Waals surface area (Å²) in [6.07, 6.45) is 0. The zero-order valence-corrected chi connectivity index (χ0v) is 7.66. The zero-order valence-electron chi connectivity index (χ0n) is 6.51. The van der Waals surface area contributed by atoms with Gasteiger partial charge in [0.1, 0.15) is 0 Å². The van der Waals surface area contributed by atoms with Crippen molar-refractivity contribution in [2.24, 2.45) is 0 Å². The van der Waals surface area contributed by atoms with Gasteiger partial charge in [-0.25, -0.2) is 4.79 Å². The van der Waals surface area contributed by atoms with Crippen molar-refractivity contribution < 1.29 is 14.3 Å². The molecule has 4 heteroatoms. The molecule has 0 saturated carbocycles. The summed E-state index contributed by atoms with van der Waals surface area (Å²) in [5.41, 5.74) is 0. The fourth-order valence-corrected chi connectivity index (χ4v) is 0.441. The van der Waals surface area contributed by atoms with E-state index >= 15 is 0 Å². The monoisotopic (exact) mass is 164 g/mol. The van der Waals surface area contributed by atoms with Crippen LogP contribution < -0.4 is 0 Å². The van der Waals surface area contributed by atoms with E-state index in [1.165, 1.54) is 7.11 Å². The summed E-state index contributed by atoms with van der Waals surface area (Å²) in [7, 11) is 3.75. The minimum absolute atomic E-state index is 0.359. The summed E-state index contributed by atoms with van der Waals surface area (Å²) in [4.78, 5) is 10.9. The third kappa shape index (κ3) is 2.63. The number of hydrogen-bond donors (Lipinski definition) is 0. The van der Waals surface area contributed by atoms with Crippen LogP contribution in [0.25, 0.3) is 0 Å². The summed E-state index contributed by atoms with van der Waals surface area (Å²) in [5.74, 6) is -0.359. The number of ether oxygens (including phenoxy) is 2. The summed E-state index contributed by atoms with van der Waals surface area (Å²) < 4.78 is 9.55. The van der Waals surface area contributed by atoms with Gasteiger partial charge in [-0.15, -0.1) is 0 Å². The Morgan fingerprint density at radius 3 is 2.50 bits per heavy atom. The van der Waals surface area contributed by atoms with Gasteiger partial charge in [0.2, 0.25) is 0 Å². The minimum atomic E-state index is -0.893. The first-order chi connectivity index (χ1) is 4.54. The third-order valence-corrected chi connectivity index (χ3v) is 1.58. The predicted molar refractivity (Wildman–Crippen MR) is 41.8 cm³/mol. The Bertz CT molecular complexity index is 122. The molecule has 0 aliphatic carbocycles. The molecule has 2 atom stereocenters. The normalized spacial score (nSPS) is 16.0. The first-order valence-corrected chi connectivity index (χ1v) is 3.63. The van der Waals surface area contributed by atoms with Crippen molar-refractivity contribution in [3.8, 4) is 0 Å². The number of methoxy groups -OCH3 is 1. The molecule has 0 N–H and O–H groups in total. The summed E-state index contributed by atoms with van der Waals surface area (Å²) >= 11 is 0. The largest absolute Gasteiger partial charge is 0.464 e. The van der Waals surface area contributed by atoms with Crippen LogP contribution in [0.15, 0.2) is 0 Å². The highest BCUT2D eigenvalue weighted by molar-refractivity contribution is 7.20. The maximum atomic E-state index is 10.9. The van der Waals surface area contributed by atoms with Crippen LogP contribution in [0.1, 0.15) is 13.8 Å². The Labute approximate surface area is 63.3 Å². The van der Waals surface area contributed by atoms with E-state index in [0.29, 0.717) is 6.61 Å². The van der Waals surface area contributed by atoms with Crippen LogP contribution in [0, 0.1) is 0 Å². The molecule has 0 fully saturated rings. The van der Waals surface area contributed by atoms with Crippen molar-refractivity contribution in [2.75, 3.05) is 13.7 Å². The molecule has 2 unspecified atom stereocenters. The third-order valence-electron chi connectivity index (χ3n) is 1.10. The van der Waals surface area contributed by atoms with Gasteiger partial charge in [0.25, 0.3) is 0 Å². The van der Waals surface area contributed by atoms with Crippen molar-refractivity contribution in [1.82, 2.24) is 0 Å². The van der Waals surface area contributed by atoms with E-state index in [1.54, 1.807) is 13.8 Å². The van der Waals surface area contributed by atoms with Gasteiger partial charge >= 0.3 is 5.97 Å². The summed E-state index contributed by atoms with van der Waals surface area (Å²) in [5, 5.41) is -0.893. The molecule has 0 aromatic carbocycles. The van der Waals surface area contributed by atoms with Gasteiger partial charge in [-0.1, -0.05) is 9.24 Å². The minimum Gasteiger partial charge on any atom is -0.464 e. The number of hydrogen-bond acceptors (Lipinski definition) is 3. The van der Waals surface area contributed by atoms with Gasteiger partial charge < -0.3 is 9.47 Å². The Morgan fingerprint density at radius 2 is 2.20 bits per heavy atom. The molecule has 0 aromatic heterocycles. The molecule has 10 heavy (non-hydrogen) atoms. The van der Waals surface area contributed by atoms with Crippen molar-refractivity contribution in [3.63, 3.8) is 0 Å². The quantitative estimate of drug-likeness (QED) is 0.457. The second-order valence-electron chi connectivity index (χ2n) is 2.03. The fourth-order valence-electron chi connectivity index (χ4n) is 0.358. The van der Waals surface area contributed by atoms with Crippen LogP contribution in [0.5, 0.6) is 0 Å². The van der Waals surface area contributed by atoms with E-state index in [9.17, 15) is 4.79 Å². The van der Waals surface area contributed by atoms with Gasteiger partial charge in [-0.2, -0.15) is 0 Å². The lowest BCUT2D eigenvalue weighted by Gasteiger charge is -2.19. The Hall–Kier alpha value is -0.140. The Balaban J connectivity index is 3.91. The molecule has 3 nitrogen and oxygen atoms in total. The number of rotatable bonds is 3. The summed E-state index contributed by atoms with van der Waals surface area (Å²) in [6, 6.07) is 0. The summed E-state index contributed by atoms with van der Waals surface area (Å²) in [6.45, 7) is 3.77. The lowest BCUT2D eigenvalue weighted by atomic mass is 10.4. The molecule has 0 saturated heterocycles. The van der Waals surface area contributed by atoms with Crippen LogP contribution >= 0.6 is 9.24 Å². The molecule has 0 rings (SSSR count). The van der Waals surface area contributed by atoms with E-state index in [4.69, 9.17) is 9.47 Å². The second-order valence-corrected chi connectivity index (χ2v) is 3.13. The molecular weight excluding hydrogens is 151 g/mol. The van der Waals surface area contributed by atoms with Gasteiger partial charge in [0.15, 0.2) is 5.34 Å². The molecule has 0 aliphatic rings. The highest BCUT2D eigenvalue weighted by atomic mass is 31.0. The predicted octanol–water partition coefficient (Wildman–Crippen LogP) is 0.787. The van der Waals surface area contributed by atoms with Crippen LogP contribution in [-0.4, -0.2) is 25.0 Å². The maximum absolute atomic E-state index is 10.9. The standard InChI is InChI=1S/C6H13O3P/c1-4-9-5(7)6(2,10)8-3/h4,10H2,1-3H3. The van der Waals surface area contributed by atoms with Crippen LogP contribution in [-0.2, 0) is 14.3 Å². The van der Waals surface area contributed by atoms with Crippen molar-refractivity contribution in [3.05, 3.63) is 0 Å². The molecule has 0 bridgehead atoms.